The van der Waals surface area contributed by atoms with Gasteiger partial charge in [-0.05, 0) is 28.8 Å². The minimum atomic E-state index is -0.962. The minimum absolute atomic E-state index is 0.309. The molecule has 0 aromatic rings. The number of unbranched alkanes of at least 4 members (excludes halogenated alkanes) is 1. The molecule has 3 nitrogen and oxygen atoms in total. The zero-order valence-electron chi connectivity index (χ0n) is 6.55. The summed E-state index contributed by atoms with van der Waals surface area (Å²) in [7, 11) is 0. The van der Waals surface area contributed by atoms with E-state index in [1.54, 1.807) is 13.0 Å². The zero-order valence-corrected chi connectivity index (χ0v) is 8.13. The van der Waals surface area contributed by atoms with Crippen molar-refractivity contribution in [1.82, 2.24) is 0 Å². The fourth-order valence-corrected chi connectivity index (χ4v) is 0.941. The van der Waals surface area contributed by atoms with E-state index in [2.05, 4.69) is 22.5 Å². The number of nitrogens with zero attached hydrogens (tertiary/aromatic N) is 1. The average Bonchev–Trinajstić information content (AvgIpc) is 1.88. The van der Waals surface area contributed by atoms with Crippen LogP contribution >= 0.6 is 15.9 Å². The molecular formula is C7H12BrNO2. The summed E-state index contributed by atoms with van der Waals surface area (Å²) in [5, 5.41) is 10.3. The smallest absolute Gasteiger partial charge is 0.263 e. The van der Waals surface area contributed by atoms with Crippen LogP contribution in [-0.2, 0) is 0 Å². The van der Waals surface area contributed by atoms with Crippen LogP contribution in [-0.4, -0.2) is 9.37 Å². The lowest BCUT2D eigenvalue weighted by Crippen LogP contribution is -2.26. The van der Waals surface area contributed by atoms with E-state index >= 15 is 0 Å². The molecule has 0 amide bonds. The second-order valence-electron chi connectivity index (χ2n) is 2.58. The lowest BCUT2D eigenvalue weighted by atomic mass is 10.1. The first-order valence-corrected chi connectivity index (χ1v) is 4.24. The molecular weight excluding hydrogens is 210 g/mol. The Kier molecular flexibility index (Phi) is 4.33. The van der Waals surface area contributed by atoms with Crippen molar-refractivity contribution in [3.8, 4) is 0 Å². The summed E-state index contributed by atoms with van der Waals surface area (Å²) in [6, 6.07) is 0. The fraction of sp³-hybridized carbons (Fsp3) is 0.714. The molecule has 0 aliphatic carbocycles. The van der Waals surface area contributed by atoms with Crippen molar-refractivity contribution in [3.63, 3.8) is 0 Å². The van der Waals surface area contributed by atoms with Crippen LogP contribution in [0, 0.1) is 10.1 Å². The molecule has 0 saturated heterocycles. The van der Waals surface area contributed by atoms with Crippen LogP contribution in [0.4, 0.5) is 0 Å². The van der Waals surface area contributed by atoms with E-state index in [-0.39, 0.29) is 4.92 Å². The van der Waals surface area contributed by atoms with Crippen LogP contribution in [0.15, 0.2) is 12.7 Å². The zero-order chi connectivity index (χ0) is 8.91. The highest BCUT2D eigenvalue weighted by Crippen LogP contribution is 2.24. The lowest BCUT2D eigenvalue weighted by Gasteiger charge is -2.11. The lowest BCUT2D eigenvalue weighted by molar-refractivity contribution is -0.531. The van der Waals surface area contributed by atoms with Gasteiger partial charge in [-0.25, -0.2) is 0 Å². The topological polar surface area (TPSA) is 43.1 Å². The van der Waals surface area contributed by atoms with Gasteiger partial charge in [0.1, 0.15) is 0 Å². The van der Waals surface area contributed by atoms with Gasteiger partial charge in [-0.2, -0.15) is 0 Å². The second kappa shape index (κ2) is 4.49. The Bertz CT molecular complexity index is 157. The highest BCUT2D eigenvalue weighted by molar-refractivity contribution is 9.10. The first-order chi connectivity index (χ1) is 5.00. The first kappa shape index (κ1) is 10.6. The Morgan fingerprint density at radius 3 is 2.73 bits per heavy atom. The maximum atomic E-state index is 10.3. The molecule has 0 N–H and O–H groups in total. The summed E-state index contributed by atoms with van der Waals surface area (Å²) >= 11 is 3.04. The molecule has 1 atom stereocenters. The van der Waals surface area contributed by atoms with Crippen LogP contribution < -0.4 is 0 Å². The first-order valence-electron chi connectivity index (χ1n) is 3.45. The molecule has 0 aliphatic heterocycles. The van der Waals surface area contributed by atoms with Crippen LogP contribution in [0.1, 0.15) is 26.2 Å². The third-order valence-electron chi connectivity index (χ3n) is 1.42. The fourth-order valence-electron chi connectivity index (χ4n) is 0.660. The van der Waals surface area contributed by atoms with Gasteiger partial charge in [-0.15, -0.1) is 6.58 Å². The summed E-state index contributed by atoms with van der Waals surface area (Å²) < 4.78 is -0.962. The minimum Gasteiger partial charge on any atom is -0.263 e. The standard InChI is InChI=1S/C7H12BrNO2/c1-3-4-5-6-7(2,8)9(10)11/h3H,1,4-6H2,2H3. The molecule has 0 radical (unpaired) electrons. The van der Waals surface area contributed by atoms with Gasteiger partial charge >= 0.3 is 0 Å². The van der Waals surface area contributed by atoms with Crippen molar-refractivity contribution in [2.75, 3.05) is 0 Å². The van der Waals surface area contributed by atoms with Crippen LogP contribution in [0.25, 0.3) is 0 Å². The molecule has 11 heavy (non-hydrogen) atoms. The number of rotatable bonds is 5. The molecule has 0 spiro atoms. The van der Waals surface area contributed by atoms with Gasteiger partial charge in [0.05, 0.1) is 0 Å². The van der Waals surface area contributed by atoms with Gasteiger partial charge in [-0.1, -0.05) is 6.08 Å². The van der Waals surface area contributed by atoms with E-state index in [1.165, 1.54) is 0 Å². The van der Waals surface area contributed by atoms with Crippen molar-refractivity contribution in [3.05, 3.63) is 22.8 Å². The molecule has 0 aromatic carbocycles. The van der Waals surface area contributed by atoms with Crippen molar-refractivity contribution < 1.29 is 4.92 Å². The number of halogens is 1. The summed E-state index contributed by atoms with van der Waals surface area (Å²) in [5.74, 6) is 0. The van der Waals surface area contributed by atoms with E-state index in [0.717, 1.165) is 12.8 Å². The Morgan fingerprint density at radius 2 is 2.36 bits per heavy atom. The maximum Gasteiger partial charge on any atom is 0.271 e. The van der Waals surface area contributed by atoms with Crippen LogP contribution in [0.5, 0.6) is 0 Å². The predicted octanol–water partition coefficient (Wildman–Crippen LogP) is 2.73. The number of nitro groups is 1. The molecule has 64 valence electrons. The number of alkyl halides is 1. The molecule has 1 unspecified atom stereocenters. The van der Waals surface area contributed by atoms with E-state index < -0.39 is 4.45 Å². The van der Waals surface area contributed by atoms with Crippen molar-refractivity contribution in [2.24, 2.45) is 0 Å². The number of hydrogen-bond donors (Lipinski definition) is 0. The number of hydrogen-bond acceptors (Lipinski definition) is 2. The summed E-state index contributed by atoms with van der Waals surface area (Å²) in [6.45, 7) is 5.11. The molecule has 0 aliphatic rings. The molecule has 0 heterocycles. The second-order valence-corrected chi connectivity index (χ2v) is 4.29. The Labute approximate surface area is 74.8 Å². The molecule has 0 fully saturated rings. The maximum absolute atomic E-state index is 10.3. The number of allylic oxidation sites excluding steroid dienone is 1. The molecule has 0 saturated carbocycles. The average molecular weight is 222 g/mol. The monoisotopic (exact) mass is 221 g/mol. The largest absolute Gasteiger partial charge is 0.271 e. The van der Waals surface area contributed by atoms with Gasteiger partial charge < -0.3 is 0 Å². The van der Waals surface area contributed by atoms with E-state index in [4.69, 9.17) is 0 Å². The van der Waals surface area contributed by atoms with E-state index in [0.29, 0.717) is 6.42 Å². The van der Waals surface area contributed by atoms with Gasteiger partial charge in [0.25, 0.3) is 4.45 Å². The summed E-state index contributed by atoms with van der Waals surface area (Å²) in [6.07, 6.45) is 3.93. The Hall–Kier alpha value is -0.380. The summed E-state index contributed by atoms with van der Waals surface area (Å²) in [5.41, 5.74) is 0. The van der Waals surface area contributed by atoms with Crippen LogP contribution in [0.3, 0.4) is 0 Å². The van der Waals surface area contributed by atoms with Gasteiger partial charge in [0, 0.05) is 18.3 Å². The third kappa shape index (κ3) is 4.14. The molecule has 0 rings (SSSR count). The van der Waals surface area contributed by atoms with Crippen molar-refractivity contribution in [1.29, 1.82) is 0 Å². The Morgan fingerprint density at radius 1 is 1.82 bits per heavy atom. The molecule has 4 heteroatoms. The van der Waals surface area contributed by atoms with Gasteiger partial charge in [-0.3, -0.25) is 10.1 Å². The van der Waals surface area contributed by atoms with Crippen molar-refractivity contribution in [2.45, 2.75) is 30.6 Å². The Balaban J connectivity index is 3.72. The van der Waals surface area contributed by atoms with E-state index in [1.807, 2.05) is 0 Å². The summed E-state index contributed by atoms with van der Waals surface area (Å²) in [4.78, 5) is 10.0. The normalized spacial score (nSPS) is 15.5. The van der Waals surface area contributed by atoms with Crippen LogP contribution in [0.2, 0.25) is 0 Å². The van der Waals surface area contributed by atoms with E-state index in [9.17, 15) is 10.1 Å². The van der Waals surface area contributed by atoms with Gasteiger partial charge in [0.15, 0.2) is 0 Å². The SMILES string of the molecule is C=CCCCC(C)(Br)[N+](=O)[O-]. The highest BCUT2D eigenvalue weighted by atomic mass is 79.9. The highest BCUT2D eigenvalue weighted by Gasteiger charge is 2.31. The quantitative estimate of drug-likeness (QED) is 0.179. The molecule has 0 bridgehead atoms. The van der Waals surface area contributed by atoms with Crippen molar-refractivity contribution >= 4 is 15.9 Å². The van der Waals surface area contributed by atoms with Gasteiger partial charge in [0.2, 0.25) is 0 Å². The third-order valence-corrected chi connectivity index (χ3v) is 2.11. The molecule has 0 aromatic heterocycles. The predicted molar refractivity (Wildman–Crippen MR) is 48.4 cm³/mol.